The number of nitrogens with zero attached hydrogens (tertiary/aromatic N) is 1. The zero-order chi connectivity index (χ0) is 13.2. The van der Waals surface area contributed by atoms with Crippen molar-refractivity contribution in [2.24, 2.45) is 11.8 Å². The normalized spacial score (nSPS) is 15.8. The molecule has 0 aromatic carbocycles. The highest BCUT2D eigenvalue weighted by Gasteiger charge is 2.19. The van der Waals surface area contributed by atoms with Crippen LogP contribution in [0.5, 0.6) is 0 Å². The van der Waals surface area contributed by atoms with Crippen LogP contribution >= 0.6 is 0 Å². The molecule has 0 aromatic rings. The van der Waals surface area contributed by atoms with Crippen molar-refractivity contribution in [3.63, 3.8) is 0 Å². The molecule has 2 nitrogen and oxygen atoms in total. The lowest BCUT2D eigenvalue weighted by Gasteiger charge is -2.18. The summed E-state index contributed by atoms with van der Waals surface area (Å²) in [6, 6.07) is 0. The van der Waals surface area contributed by atoms with Crippen LogP contribution in [0.25, 0.3) is 0 Å². The molecule has 0 atom stereocenters. The van der Waals surface area contributed by atoms with Gasteiger partial charge in [-0.3, -0.25) is 0 Å². The van der Waals surface area contributed by atoms with E-state index in [1.54, 1.807) is 0 Å². The Kier molecular flexibility index (Phi) is 8.70. The van der Waals surface area contributed by atoms with Crippen LogP contribution in [0.15, 0.2) is 0 Å². The molecule has 18 heavy (non-hydrogen) atoms. The molecule has 0 saturated heterocycles. The van der Waals surface area contributed by atoms with Crippen molar-refractivity contribution in [1.82, 2.24) is 4.90 Å². The summed E-state index contributed by atoms with van der Waals surface area (Å²) in [7, 11) is 2.22. The van der Waals surface area contributed by atoms with E-state index in [2.05, 4.69) is 25.8 Å². The Morgan fingerprint density at radius 3 is 2.33 bits per heavy atom. The van der Waals surface area contributed by atoms with Gasteiger partial charge < -0.3 is 9.64 Å². The molecule has 1 rings (SSSR count). The second-order valence-electron chi connectivity index (χ2n) is 6.41. The van der Waals surface area contributed by atoms with Gasteiger partial charge in [0.15, 0.2) is 0 Å². The molecule has 0 unspecified atom stereocenters. The van der Waals surface area contributed by atoms with Gasteiger partial charge in [-0.2, -0.15) is 0 Å². The summed E-state index contributed by atoms with van der Waals surface area (Å²) in [6.07, 6.45) is 9.56. The Labute approximate surface area is 114 Å². The first-order valence-electron chi connectivity index (χ1n) is 7.94. The Morgan fingerprint density at radius 2 is 1.72 bits per heavy atom. The van der Waals surface area contributed by atoms with Gasteiger partial charge in [0, 0.05) is 19.8 Å². The maximum Gasteiger partial charge on any atom is 0.0466 e. The molecule has 2 heteroatoms. The number of unbranched alkanes of at least 4 members (excludes halogenated alkanes) is 2. The molecule has 0 bridgehead atoms. The van der Waals surface area contributed by atoms with Crippen molar-refractivity contribution < 1.29 is 4.74 Å². The molecule has 0 aliphatic heterocycles. The fourth-order valence-corrected chi connectivity index (χ4v) is 2.45. The van der Waals surface area contributed by atoms with Gasteiger partial charge in [0.1, 0.15) is 0 Å². The minimum Gasteiger partial charge on any atom is -0.381 e. The second kappa shape index (κ2) is 9.80. The van der Waals surface area contributed by atoms with Gasteiger partial charge in [0.05, 0.1) is 0 Å². The molecule has 0 aromatic heterocycles. The van der Waals surface area contributed by atoms with Crippen LogP contribution in [0.3, 0.4) is 0 Å². The van der Waals surface area contributed by atoms with Crippen LogP contribution in [0.4, 0.5) is 0 Å². The molecule has 1 fully saturated rings. The molecular weight excluding hydrogens is 222 g/mol. The second-order valence-corrected chi connectivity index (χ2v) is 6.41. The summed E-state index contributed by atoms with van der Waals surface area (Å²) in [5.41, 5.74) is 0. The van der Waals surface area contributed by atoms with Gasteiger partial charge in [0.25, 0.3) is 0 Å². The number of rotatable bonds is 12. The van der Waals surface area contributed by atoms with Crippen molar-refractivity contribution in [3.8, 4) is 0 Å². The van der Waals surface area contributed by atoms with Crippen LogP contribution in [0.2, 0.25) is 0 Å². The minimum atomic E-state index is 0.776. The average Bonchev–Trinajstić information content (AvgIpc) is 3.09. The molecule has 0 amide bonds. The largest absolute Gasteiger partial charge is 0.381 e. The predicted molar refractivity (Wildman–Crippen MR) is 79.0 cm³/mol. The SMILES string of the molecule is CC(C)CN(C)CCCCOCCCCC1CC1. The lowest BCUT2D eigenvalue weighted by atomic mass is 10.2. The molecule has 0 N–H and O–H groups in total. The Morgan fingerprint density at radius 1 is 1.06 bits per heavy atom. The highest BCUT2D eigenvalue weighted by Crippen LogP contribution is 2.33. The molecule has 1 aliphatic rings. The third-order valence-electron chi connectivity index (χ3n) is 3.60. The topological polar surface area (TPSA) is 12.5 Å². The monoisotopic (exact) mass is 255 g/mol. The number of hydrogen-bond acceptors (Lipinski definition) is 2. The van der Waals surface area contributed by atoms with E-state index in [0.717, 1.165) is 25.0 Å². The van der Waals surface area contributed by atoms with Gasteiger partial charge in [0.2, 0.25) is 0 Å². The van der Waals surface area contributed by atoms with Crippen LogP contribution in [-0.4, -0.2) is 38.3 Å². The molecule has 0 heterocycles. The fraction of sp³-hybridized carbons (Fsp3) is 1.00. The van der Waals surface area contributed by atoms with Crippen molar-refractivity contribution in [3.05, 3.63) is 0 Å². The molecule has 108 valence electrons. The lowest BCUT2D eigenvalue weighted by molar-refractivity contribution is 0.123. The number of hydrogen-bond donors (Lipinski definition) is 0. The van der Waals surface area contributed by atoms with Crippen LogP contribution in [0.1, 0.15) is 58.8 Å². The van der Waals surface area contributed by atoms with E-state index in [-0.39, 0.29) is 0 Å². The molecule has 1 aliphatic carbocycles. The van der Waals surface area contributed by atoms with Crippen LogP contribution < -0.4 is 0 Å². The zero-order valence-electron chi connectivity index (χ0n) is 12.8. The van der Waals surface area contributed by atoms with E-state index in [0.29, 0.717) is 0 Å². The van der Waals surface area contributed by atoms with E-state index in [1.807, 2.05) is 0 Å². The van der Waals surface area contributed by atoms with E-state index >= 15 is 0 Å². The third kappa shape index (κ3) is 9.90. The maximum atomic E-state index is 5.68. The Bertz CT molecular complexity index is 190. The quantitative estimate of drug-likeness (QED) is 0.490. The van der Waals surface area contributed by atoms with Gasteiger partial charge in [-0.15, -0.1) is 0 Å². The molecule has 0 spiro atoms. The molecule has 1 saturated carbocycles. The standard InChI is InChI=1S/C16H33NO/c1-15(2)14-17(3)11-5-7-13-18-12-6-4-8-16-9-10-16/h15-16H,4-14H2,1-3H3. The molecule has 0 radical (unpaired) electrons. The maximum absolute atomic E-state index is 5.68. The average molecular weight is 255 g/mol. The zero-order valence-corrected chi connectivity index (χ0v) is 12.8. The minimum absolute atomic E-state index is 0.776. The lowest BCUT2D eigenvalue weighted by Crippen LogP contribution is -2.24. The van der Waals surface area contributed by atoms with Gasteiger partial charge in [-0.05, 0) is 44.7 Å². The summed E-state index contributed by atoms with van der Waals surface area (Å²) >= 11 is 0. The first kappa shape index (κ1) is 16.0. The summed E-state index contributed by atoms with van der Waals surface area (Å²) in [5.74, 6) is 1.86. The van der Waals surface area contributed by atoms with E-state index < -0.39 is 0 Å². The third-order valence-corrected chi connectivity index (χ3v) is 3.60. The first-order valence-corrected chi connectivity index (χ1v) is 7.94. The Hall–Kier alpha value is -0.0800. The summed E-state index contributed by atoms with van der Waals surface area (Å²) in [5, 5.41) is 0. The van der Waals surface area contributed by atoms with Gasteiger partial charge in [-0.25, -0.2) is 0 Å². The summed E-state index contributed by atoms with van der Waals surface area (Å²) in [4.78, 5) is 2.43. The summed E-state index contributed by atoms with van der Waals surface area (Å²) in [6.45, 7) is 8.92. The van der Waals surface area contributed by atoms with E-state index in [9.17, 15) is 0 Å². The van der Waals surface area contributed by atoms with Crippen molar-refractivity contribution in [2.45, 2.75) is 58.8 Å². The Balaban J connectivity index is 1.72. The van der Waals surface area contributed by atoms with Crippen LogP contribution in [0, 0.1) is 11.8 Å². The van der Waals surface area contributed by atoms with Gasteiger partial charge in [-0.1, -0.05) is 39.5 Å². The van der Waals surface area contributed by atoms with Gasteiger partial charge >= 0.3 is 0 Å². The van der Waals surface area contributed by atoms with Crippen molar-refractivity contribution in [2.75, 3.05) is 33.4 Å². The predicted octanol–water partition coefficient (Wildman–Crippen LogP) is 3.95. The van der Waals surface area contributed by atoms with Crippen LogP contribution in [-0.2, 0) is 4.74 Å². The highest BCUT2D eigenvalue weighted by molar-refractivity contribution is 4.72. The smallest absolute Gasteiger partial charge is 0.0466 e. The summed E-state index contributed by atoms with van der Waals surface area (Å²) < 4.78 is 5.68. The van der Waals surface area contributed by atoms with Crippen molar-refractivity contribution >= 4 is 0 Å². The first-order chi connectivity index (χ1) is 8.68. The van der Waals surface area contributed by atoms with E-state index in [4.69, 9.17) is 4.74 Å². The number of ether oxygens (including phenoxy) is 1. The van der Waals surface area contributed by atoms with E-state index in [1.165, 1.54) is 58.0 Å². The highest BCUT2D eigenvalue weighted by atomic mass is 16.5. The van der Waals surface area contributed by atoms with Crippen molar-refractivity contribution in [1.29, 1.82) is 0 Å². The molecular formula is C16H33NO. The fourth-order valence-electron chi connectivity index (χ4n) is 2.45.